The van der Waals surface area contributed by atoms with Gasteiger partial charge in [0.25, 0.3) is 11.6 Å². The van der Waals surface area contributed by atoms with Gasteiger partial charge < -0.3 is 14.8 Å². The fraction of sp³-hybridized carbons (Fsp3) is 0.267. The molecule has 0 saturated heterocycles. The van der Waals surface area contributed by atoms with Crippen LogP contribution in [-0.2, 0) is 17.8 Å². The summed E-state index contributed by atoms with van der Waals surface area (Å²) in [6.07, 6.45) is 3.30. The van der Waals surface area contributed by atoms with E-state index in [9.17, 15) is 19.7 Å². The number of carbonyl (C=O) groups is 2. The molecular formula is C30H32N4O4. The van der Waals surface area contributed by atoms with Crippen LogP contribution in [-0.4, -0.2) is 51.2 Å². The van der Waals surface area contributed by atoms with Crippen LogP contribution in [0.1, 0.15) is 40.4 Å². The van der Waals surface area contributed by atoms with Crippen molar-refractivity contribution in [2.24, 2.45) is 0 Å². The Labute approximate surface area is 222 Å². The molecule has 0 spiro atoms. The third-order valence-electron chi connectivity index (χ3n) is 6.58. The van der Waals surface area contributed by atoms with Gasteiger partial charge in [0.15, 0.2) is 0 Å². The second-order valence-electron chi connectivity index (χ2n) is 9.44. The first kappa shape index (κ1) is 26.6. The molecule has 0 fully saturated rings. The number of aryl methyl sites for hydroxylation is 1. The molecule has 8 heteroatoms. The van der Waals surface area contributed by atoms with Gasteiger partial charge in [-0.25, -0.2) is 0 Å². The predicted octanol–water partition coefficient (Wildman–Crippen LogP) is 5.51. The molecule has 8 nitrogen and oxygen atoms in total. The number of hydrogen-bond acceptors (Lipinski definition) is 4. The van der Waals surface area contributed by atoms with Gasteiger partial charge in [-0.15, -0.1) is 0 Å². The molecule has 1 heterocycles. The highest BCUT2D eigenvalue weighted by Crippen LogP contribution is 2.20. The average molecular weight is 513 g/mol. The number of nitrogens with one attached hydrogen (secondary N) is 1. The number of rotatable bonds is 11. The van der Waals surface area contributed by atoms with Crippen molar-refractivity contribution in [2.45, 2.75) is 33.2 Å². The summed E-state index contributed by atoms with van der Waals surface area (Å²) >= 11 is 0. The van der Waals surface area contributed by atoms with Gasteiger partial charge in [0.2, 0.25) is 5.91 Å². The summed E-state index contributed by atoms with van der Waals surface area (Å²) in [6.45, 7) is 5.13. The third-order valence-corrected chi connectivity index (χ3v) is 6.58. The van der Waals surface area contributed by atoms with Gasteiger partial charge >= 0.3 is 0 Å². The normalized spacial score (nSPS) is 10.9. The number of nitrogens with zero attached hydrogens (tertiary/aromatic N) is 3. The summed E-state index contributed by atoms with van der Waals surface area (Å²) in [4.78, 5) is 44.2. The molecule has 0 atom stereocenters. The number of amides is 2. The Kier molecular flexibility index (Phi) is 8.53. The number of H-pyrrole nitrogens is 1. The van der Waals surface area contributed by atoms with Gasteiger partial charge in [0.05, 0.1) is 4.92 Å². The Bertz CT molecular complexity index is 1430. The number of nitro benzene ring substituents is 1. The number of hydrogen-bond donors (Lipinski definition) is 1. The van der Waals surface area contributed by atoms with Crippen LogP contribution in [0.5, 0.6) is 0 Å². The van der Waals surface area contributed by atoms with Crippen molar-refractivity contribution in [3.8, 4) is 0 Å². The topological polar surface area (TPSA) is 99.6 Å². The van der Waals surface area contributed by atoms with Crippen molar-refractivity contribution >= 4 is 28.4 Å². The monoisotopic (exact) mass is 512 g/mol. The summed E-state index contributed by atoms with van der Waals surface area (Å²) in [7, 11) is 0. The van der Waals surface area contributed by atoms with Gasteiger partial charge in [-0.05, 0) is 43.0 Å². The highest BCUT2D eigenvalue weighted by atomic mass is 16.6. The Hall–Kier alpha value is -4.46. The lowest BCUT2D eigenvalue weighted by atomic mass is 10.1. The molecule has 0 aliphatic rings. The molecule has 0 aliphatic carbocycles. The highest BCUT2D eigenvalue weighted by Gasteiger charge is 2.23. The fourth-order valence-electron chi connectivity index (χ4n) is 4.52. The first-order valence-corrected chi connectivity index (χ1v) is 12.8. The highest BCUT2D eigenvalue weighted by molar-refractivity contribution is 5.97. The molecule has 0 saturated carbocycles. The molecule has 4 rings (SSSR count). The Morgan fingerprint density at radius 3 is 2.45 bits per heavy atom. The van der Waals surface area contributed by atoms with Crippen molar-refractivity contribution in [2.75, 3.05) is 19.6 Å². The van der Waals surface area contributed by atoms with Crippen LogP contribution in [0.15, 0.2) is 79.0 Å². The van der Waals surface area contributed by atoms with E-state index in [1.165, 1.54) is 23.1 Å². The second-order valence-corrected chi connectivity index (χ2v) is 9.44. The van der Waals surface area contributed by atoms with Gasteiger partial charge in [-0.1, -0.05) is 61.0 Å². The van der Waals surface area contributed by atoms with Crippen molar-refractivity contribution < 1.29 is 14.5 Å². The van der Waals surface area contributed by atoms with Crippen LogP contribution >= 0.6 is 0 Å². The maximum atomic E-state index is 13.6. The smallest absolute Gasteiger partial charge is 0.270 e. The lowest BCUT2D eigenvalue weighted by Gasteiger charge is -2.28. The van der Waals surface area contributed by atoms with Crippen molar-refractivity contribution in [1.29, 1.82) is 0 Å². The molecule has 3 aromatic carbocycles. The van der Waals surface area contributed by atoms with Crippen LogP contribution < -0.4 is 0 Å². The third kappa shape index (κ3) is 6.45. The van der Waals surface area contributed by atoms with Crippen LogP contribution in [0.25, 0.3) is 10.9 Å². The number of carbonyl (C=O) groups excluding carboxylic acids is 2. The van der Waals surface area contributed by atoms with Crippen molar-refractivity contribution in [3.63, 3.8) is 0 Å². The molecule has 4 aromatic rings. The second kappa shape index (κ2) is 12.2. The summed E-state index contributed by atoms with van der Waals surface area (Å²) in [5.41, 5.74) is 4.37. The zero-order valence-electron chi connectivity index (χ0n) is 21.7. The summed E-state index contributed by atoms with van der Waals surface area (Å²) in [5, 5.41) is 12.3. The molecule has 2 amide bonds. The molecule has 1 aromatic heterocycles. The van der Waals surface area contributed by atoms with E-state index >= 15 is 0 Å². The number of nitro groups is 1. The van der Waals surface area contributed by atoms with Crippen LogP contribution in [0.4, 0.5) is 5.69 Å². The molecule has 0 unspecified atom stereocenters. The van der Waals surface area contributed by atoms with Crippen LogP contribution in [0.3, 0.4) is 0 Å². The summed E-state index contributed by atoms with van der Waals surface area (Å²) in [6, 6.07) is 21.8. The minimum Gasteiger partial charge on any atom is -0.361 e. The maximum Gasteiger partial charge on any atom is 0.270 e. The van der Waals surface area contributed by atoms with Crippen molar-refractivity contribution in [3.05, 3.63) is 111 Å². The fourth-order valence-corrected chi connectivity index (χ4v) is 4.52. The van der Waals surface area contributed by atoms with E-state index in [1.54, 1.807) is 11.0 Å². The zero-order chi connectivity index (χ0) is 27.1. The van der Waals surface area contributed by atoms with Gasteiger partial charge in [-0.3, -0.25) is 19.7 Å². The average Bonchev–Trinajstić information content (AvgIpc) is 3.34. The van der Waals surface area contributed by atoms with E-state index in [1.807, 2.05) is 62.5 Å². The number of aromatic amines is 1. The van der Waals surface area contributed by atoms with Crippen LogP contribution in [0, 0.1) is 17.0 Å². The molecular weight excluding hydrogens is 480 g/mol. The summed E-state index contributed by atoms with van der Waals surface area (Å²) < 4.78 is 0. The van der Waals surface area contributed by atoms with Gasteiger partial charge in [0.1, 0.15) is 6.54 Å². The number of benzene rings is 3. The minimum absolute atomic E-state index is 0.102. The number of fused-ring (bicyclic) bond motifs is 1. The zero-order valence-corrected chi connectivity index (χ0v) is 21.7. The Morgan fingerprint density at radius 2 is 1.71 bits per heavy atom. The Balaban J connectivity index is 1.54. The van der Waals surface area contributed by atoms with Crippen LogP contribution in [0.2, 0.25) is 0 Å². The van der Waals surface area contributed by atoms with Gasteiger partial charge in [0, 0.05) is 54.4 Å². The van der Waals surface area contributed by atoms with E-state index in [0.717, 1.165) is 27.6 Å². The summed E-state index contributed by atoms with van der Waals surface area (Å²) in [5.74, 6) is -0.562. The standard InChI is InChI=1S/C30H32N4O4/c1-3-16-33(30(36)24-7-6-8-26(18-24)34(37)38)21-29(35)32(20-23-13-11-22(2)12-14-23)17-15-25-19-31-28-10-5-4-9-27(25)28/h4-14,18-19,31H,3,15-17,20-21H2,1-2H3. The Morgan fingerprint density at radius 1 is 0.947 bits per heavy atom. The lowest BCUT2D eigenvalue weighted by Crippen LogP contribution is -2.43. The number of para-hydroxylation sites is 1. The molecule has 0 bridgehead atoms. The largest absolute Gasteiger partial charge is 0.361 e. The van der Waals surface area contributed by atoms with E-state index in [-0.39, 0.29) is 23.7 Å². The SMILES string of the molecule is CCCN(CC(=O)N(CCc1c[nH]c2ccccc12)Cc1ccc(C)cc1)C(=O)c1cccc([N+](=O)[O-])c1. The van der Waals surface area contributed by atoms with E-state index in [4.69, 9.17) is 0 Å². The predicted molar refractivity (Wildman–Crippen MR) is 148 cm³/mol. The minimum atomic E-state index is -0.528. The number of non-ortho nitro benzene ring substituents is 1. The number of aromatic nitrogens is 1. The molecule has 38 heavy (non-hydrogen) atoms. The van der Waals surface area contributed by atoms with E-state index in [2.05, 4.69) is 11.1 Å². The molecule has 196 valence electrons. The molecule has 0 radical (unpaired) electrons. The maximum absolute atomic E-state index is 13.6. The van der Waals surface area contributed by atoms with Gasteiger partial charge in [-0.2, -0.15) is 0 Å². The first-order chi connectivity index (χ1) is 18.4. The first-order valence-electron chi connectivity index (χ1n) is 12.8. The van der Waals surface area contributed by atoms with Crippen molar-refractivity contribution in [1.82, 2.24) is 14.8 Å². The quantitative estimate of drug-likeness (QED) is 0.212. The van der Waals surface area contributed by atoms with E-state index < -0.39 is 10.8 Å². The van der Waals surface area contributed by atoms with E-state index in [0.29, 0.717) is 32.5 Å². The lowest BCUT2D eigenvalue weighted by molar-refractivity contribution is -0.384. The molecule has 0 aliphatic heterocycles. The molecule has 1 N–H and O–H groups in total.